The topological polar surface area (TPSA) is 94.8 Å². The molecule has 0 fully saturated rings. The molecule has 4 rings (SSSR count). The lowest BCUT2D eigenvalue weighted by Gasteiger charge is -2.12. The fourth-order valence-electron chi connectivity index (χ4n) is 3.35. The SMILES string of the molecule is CCOC(=O)CSc1nc2ccccc2c2cc(CNC(=O)c3ccccc3OC(F)(F)F)nn12. The van der Waals surface area contributed by atoms with E-state index in [-0.39, 0.29) is 30.4 Å². The van der Waals surface area contributed by atoms with Crippen LogP contribution in [-0.2, 0) is 16.1 Å². The molecule has 12 heteroatoms. The lowest BCUT2D eigenvalue weighted by atomic mass is 10.2. The summed E-state index contributed by atoms with van der Waals surface area (Å²) in [7, 11) is 0. The molecular formula is C23H19F3N4O4S. The van der Waals surface area contributed by atoms with Gasteiger partial charge < -0.3 is 14.8 Å². The van der Waals surface area contributed by atoms with E-state index in [1.807, 2.05) is 24.3 Å². The number of nitrogens with zero attached hydrogens (tertiary/aromatic N) is 3. The molecule has 0 unspecified atom stereocenters. The van der Waals surface area contributed by atoms with E-state index in [0.717, 1.165) is 23.2 Å². The number of fused-ring (bicyclic) bond motifs is 3. The second kappa shape index (κ2) is 10.2. The first-order valence-corrected chi connectivity index (χ1v) is 11.4. The van der Waals surface area contributed by atoms with Crippen LogP contribution in [0.1, 0.15) is 23.0 Å². The Hall–Kier alpha value is -3.80. The predicted octanol–water partition coefficient (Wildman–Crippen LogP) is 4.37. The van der Waals surface area contributed by atoms with Crippen LogP contribution < -0.4 is 10.1 Å². The molecule has 0 saturated carbocycles. The van der Waals surface area contributed by atoms with E-state index in [0.29, 0.717) is 21.9 Å². The summed E-state index contributed by atoms with van der Waals surface area (Å²) in [4.78, 5) is 29.0. The zero-order valence-corrected chi connectivity index (χ0v) is 19.2. The lowest BCUT2D eigenvalue weighted by molar-refractivity contribution is -0.274. The van der Waals surface area contributed by atoms with Gasteiger partial charge in [-0.3, -0.25) is 9.59 Å². The molecule has 0 atom stereocenters. The number of benzene rings is 2. The van der Waals surface area contributed by atoms with Crippen LogP contribution in [0.3, 0.4) is 0 Å². The molecule has 2 heterocycles. The van der Waals surface area contributed by atoms with Crippen molar-refractivity contribution in [1.29, 1.82) is 0 Å². The van der Waals surface area contributed by atoms with Crippen molar-refractivity contribution in [2.24, 2.45) is 0 Å². The Morgan fingerprint density at radius 1 is 1.11 bits per heavy atom. The molecule has 0 saturated heterocycles. The Bertz CT molecular complexity index is 1390. The summed E-state index contributed by atoms with van der Waals surface area (Å²) in [5, 5.41) is 8.32. The first-order chi connectivity index (χ1) is 16.7. The molecule has 1 N–H and O–H groups in total. The highest BCUT2D eigenvalue weighted by atomic mass is 32.2. The van der Waals surface area contributed by atoms with Gasteiger partial charge in [-0.25, -0.2) is 9.50 Å². The molecule has 2 aromatic carbocycles. The number of carbonyl (C=O) groups is 2. The molecule has 8 nitrogen and oxygen atoms in total. The summed E-state index contributed by atoms with van der Waals surface area (Å²) in [6.45, 7) is 1.93. The van der Waals surface area contributed by atoms with Gasteiger partial charge in [-0.1, -0.05) is 42.1 Å². The van der Waals surface area contributed by atoms with E-state index >= 15 is 0 Å². The quantitative estimate of drug-likeness (QED) is 0.216. The van der Waals surface area contributed by atoms with Crippen molar-refractivity contribution < 1.29 is 32.2 Å². The maximum Gasteiger partial charge on any atom is 0.573 e. The molecule has 4 aromatic rings. The monoisotopic (exact) mass is 504 g/mol. The van der Waals surface area contributed by atoms with E-state index < -0.39 is 18.0 Å². The Morgan fingerprint density at radius 2 is 1.86 bits per heavy atom. The van der Waals surface area contributed by atoms with Crippen LogP contribution in [0.5, 0.6) is 5.75 Å². The Morgan fingerprint density at radius 3 is 2.63 bits per heavy atom. The number of ether oxygens (including phenoxy) is 2. The highest BCUT2D eigenvalue weighted by molar-refractivity contribution is 7.99. The zero-order valence-electron chi connectivity index (χ0n) is 18.3. The van der Waals surface area contributed by atoms with Crippen LogP contribution in [0.4, 0.5) is 13.2 Å². The minimum Gasteiger partial charge on any atom is -0.465 e. The average molecular weight is 504 g/mol. The molecule has 1 amide bonds. The number of alkyl halides is 3. The molecule has 2 aromatic heterocycles. The number of thioether (sulfide) groups is 1. The predicted molar refractivity (Wildman–Crippen MR) is 122 cm³/mol. The minimum absolute atomic E-state index is 0.0379. The molecule has 0 aliphatic rings. The Kier molecular flexibility index (Phi) is 7.10. The fraction of sp³-hybridized carbons (Fsp3) is 0.217. The van der Waals surface area contributed by atoms with Gasteiger partial charge in [-0.15, -0.1) is 13.2 Å². The van der Waals surface area contributed by atoms with E-state index in [2.05, 4.69) is 20.1 Å². The number of hydrogen-bond acceptors (Lipinski definition) is 7. The van der Waals surface area contributed by atoms with Gasteiger partial charge in [0, 0.05) is 5.39 Å². The first-order valence-electron chi connectivity index (χ1n) is 10.4. The van der Waals surface area contributed by atoms with Crippen molar-refractivity contribution in [2.75, 3.05) is 12.4 Å². The number of hydrogen-bond donors (Lipinski definition) is 1. The maximum absolute atomic E-state index is 12.7. The van der Waals surface area contributed by atoms with E-state index in [1.165, 1.54) is 18.2 Å². The van der Waals surface area contributed by atoms with Crippen LogP contribution in [0.25, 0.3) is 16.4 Å². The summed E-state index contributed by atoms with van der Waals surface area (Å²) in [5.41, 5.74) is 1.59. The van der Waals surface area contributed by atoms with E-state index in [9.17, 15) is 22.8 Å². The van der Waals surface area contributed by atoms with Crippen LogP contribution in [0.2, 0.25) is 0 Å². The summed E-state index contributed by atoms with van der Waals surface area (Å²) in [6.07, 6.45) is -4.93. The number of rotatable bonds is 8. The van der Waals surface area contributed by atoms with Crippen LogP contribution >= 0.6 is 11.8 Å². The summed E-state index contributed by atoms with van der Waals surface area (Å²) in [6, 6.07) is 14.2. The third-order valence-corrected chi connectivity index (χ3v) is 5.65. The lowest BCUT2D eigenvalue weighted by Crippen LogP contribution is -2.25. The van der Waals surface area contributed by atoms with Crippen molar-refractivity contribution in [3.8, 4) is 5.75 Å². The summed E-state index contributed by atoms with van der Waals surface area (Å²) in [5.74, 6) is -1.70. The average Bonchev–Trinajstić information content (AvgIpc) is 3.25. The van der Waals surface area contributed by atoms with Gasteiger partial charge in [0.05, 0.1) is 41.2 Å². The van der Waals surface area contributed by atoms with Gasteiger partial charge >= 0.3 is 12.3 Å². The number of aromatic nitrogens is 3. The molecule has 35 heavy (non-hydrogen) atoms. The van der Waals surface area contributed by atoms with Crippen molar-refractivity contribution in [1.82, 2.24) is 19.9 Å². The second-order valence-corrected chi connectivity index (χ2v) is 8.11. The number of esters is 1. The molecule has 0 radical (unpaired) electrons. The number of amides is 1. The molecule has 0 aliphatic heterocycles. The molecule has 0 aliphatic carbocycles. The molecule has 0 bridgehead atoms. The minimum atomic E-state index is -4.93. The Labute approximate surface area is 201 Å². The van der Waals surface area contributed by atoms with Crippen molar-refractivity contribution in [3.63, 3.8) is 0 Å². The smallest absolute Gasteiger partial charge is 0.465 e. The largest absolute Gasteiger partial charge is 0.573 e. The molecule has 182 valence electrons. The fourth-order valence-corrected chi connectivity index (χ4v) is 4.10. The second-order valence-electron chi connectivity index (χ2n) is 7.16. The van der Waals surface area contributed by atoms with Gasteiger partial charge in [0.1, 0.15) is 5.75 Å². The van der Waals surface area contributed by atoms with Gasteiger partial charge in [0.25, 0.3) is 5.91 Å². The highest BCUT2D eigenvalue weighted by Crippen LogP contribution is 2.27. The van der Waals surface area contributed by atoms with Crippen LogP contribution in [0.15, 0.2) is 59.8 Å². The number of nitrogens with one attached hydrogen (secondary N) is 1. The third kappa shape index (κ3) is 5.83. The van der Waals surface area contributed by atoms with Crippen LogP contribution in [-0.4, -0.2) is 45.2 Å². The van der Waals surface area contributed by atoms with Gasteiger partial charge in [0.15, 0.2) is 5.16 Å². The number of halogens is 3. The number of carbonyl (C=O) groups excluding carboxylic acids is 2. The normalized spacial score (nSPS) is 11.5. The maximum atomic E-state index is 12.7. The van der Waals surface area contributed by atoms with Crippen molar-refractivity contribution >= 4 is 40.1 Å². The standard InChI is InChI=1S/C23H19F3N4O4S/c1-2-33-20(31)13-35-22-28-17-9-5-3-7-15(17)18-11-14(29-30(18)22)12-27-21(32)16-8-4-6-10-19(16)34-23(24,25)26/h3-11H,2,12-13H2,1H3,(H,27,32). The van der Waals surface area contributed by atoms with Gasteiger partial charge in [0.2, 0.25) is 0 Å². The third-order valence-electron chi connectivity index (χ3n) is 4.75. The van der Waals surface area contributed by atoms with E-state index in [4.69, 9.17) is 4.74 Å². The van der Waals surface area contributed by atoms with Gasteiger partial charge in [-0.2, -0.15) is 5.10 Å². The van der Waals surface area contributed by atoms with Crippen molar-refractivity contribution in [3.05, 3.63) is 65.9 Å². The number of para-hydroxylation sites is 2. The zero-order chi connectivity index (χ0) is 25.0. The van der Waals surface area contributed by atoms with Crippen molar-refractivity contribution in [2.45, 2.75) is 25.0 Å². The van der Waals surface area contributed by atoms with Crippen LogP contribution in [0, 0.1) is 0 Å². The molecular weight excluding hydrogens is 485 g/mol. The first kappa shape index (κ1) is 24.3. The molecule has 0 spiro atoms. The summed E-state index contributed by atoms with van der Waals surface area (Å²) >= 11 is 1.16. The Balaban J connectivity index is 1.59. The summed E-state index contributed by atoms with van der Waals surface area (Å²) < 4.78 is 48.5. The van der Waals surface area contributed by atoms with Gasteiger partial charge in [-0.05, 0) is 31.2 Å². The highest BCUT2D eigenvalue weighted by Gasteiger charge is 2.32. The van der Waals surface area contributed by atoms with E-state index in [1.54, 1.807) is 17.5 Å².